The van der Waals surface area contributed by atoms with Gasteiger partial charge in [0.2, 0.25) is 0 Å². The molecule has 0 spiro atoms. The molecule has 0 aliphatic rings. The van der Waals surface area contributed by atoms with E-state index in [9.17, 15) is 0 Å². The van der Waals surface area contributed by atoms with Crippen LogP contribution in [0, 0.1) is 11.8 Å². The molecule has 0 N–H and O–H groups in total. The minimum absolute atomic E-state index is 0. The Labute approximate surface area is 66.3 Å². The molecule has 0 atom stereocenters. The standard InChI is InChI=1S/CN.Cu.2Li/c1-2;;;/q-1;+1;;. The summed E-state index contributed by atoms with van der Waals surface area (Å²) in [7, 11) is 0. The van der Waals surface area contributed by atoms with Gasteiger partial charge in [-0.25, -0.2) is 0 Å². The van der Waals surface area contributed by atoms with Crippen LogP contribution < -0.4 is 0 Å². The van der Waals surface area contributed by atoms with Gasteiger partial charge < -0.3 is 11.8 Å². The summed E-state index contributed by atoms with van der Waals surface area (Å²) in [6.45, 7) is 4.75. The second-order valence-electron chi connectivity index (χ2n) is 0. The largest absolute Gasteiger partial charge is 1.00 e. The summed E-state index contributed by atoms with van der Waals surface area (Å²) < 4.78 is 0. The predicted octanol–water partition coefficient (Wildman–Crippen LogP) is -0.668. The van der Waals surface area contributed by atoms with E-state index in [0.717, 1.165) is 0 Å². The van der Waals surface area contributed by atoms with Gasteiger partial charge in [0.05, 0.1) is 0 Å². The summed E-state index contributed by atoms with van der Waals surface area (Å²) in [6.07, 6.45) is 0. The van der Waals surface area contributed by atoms with Crippen molar-refractivity contribution in [2.75, 3.05) is 0 Å². The molecule has 0 unspecified atom stereocenters. The number of nitrogens with zero attached hydrogens (tertiary/aromatic N) is 1. The molecule has 0 heterocycles. The van der Waals surface area contributed by atoms with Gasteiger partial charge in [0, 0.05) is 37.7 Å². The van der Waals surface area contributed by atoms with Gasteiger partial charge in [-0.2, -0.15) is 0 Å². The van der Waals surface area contributed by atoms with E-state index in [-0.39, 0.29) is 54.8 Å². The smallest absolute Gasteiger partial charge is 0.512 e. The van der Waals surface area contributed by atoms with Crippen molar-refractivity contribution in [3.8, 4) is 0 Å². The first-order valence-corrected chi connectivity index (χ1v) is 0.224. The van der Waals surface area contributed by atoms with Crippen molar-refractivity contribution in [3.05, 3.63) is 6.57 Å². The summed E-state index contributed by atoms with van der Waals surface area (Å²) in [5.74, 6) is 0. The van der Waals surface area contributed by atoms with E-state index in [1.165, 1.54) is 0 Å². The molecule has 0 fully saturated rings. The molecule has 0 amide bonds. The first-order chi connectivity index (χ1) is 1.00. The molecule has 5 heavy (non-hydrogen) atoms. The van der Waals surface area contributed by atoms with Gasteiger partial charge in [0.25, 0.3) is 0 Å². The van der Waals surface area contributed by atoms with Crippen LogP contribution in [0.15, 0.2) is 0 Å². The maximum absolute atomic E-state index is 6.25. The second kappa shape index (κ2) is 63.4. The molecule has 0 rings (SSSR count). The fraction of sp³-hybridized carbons (Fsp3) is 0. The predicted molar refractivity (Wildman–Crippen MR) is 16.5 cm³/mol. The van der Waals surface area contributed by atoms with Crippen LogP contribution in [0.1, 0.15) is 0 Å². The molecule has 0 aromatic carbocycles. The van der Waals surface area contributed by atoms with E-state index in [4.69, 9.17) is 11.8 Å². The molecule has 1 nitrogen and oxygen atoms in total. The monoisotopic (exact) mass is 103 g/mol. The summed E-state index contributed by atoms with van der Waals surface area (Å²) >= 11 is 0. The average molecular weight is 103 g/mol. The fourth-order valence-corrected chi connectivity index (χ4v) is 0. The van der Waals surface area contributed by atoms with Crippen LogP contribution in [-0.2, 0) is 17.1 Å². The molecule has 22 valence electrons. The van der Waals surface area contributed by atoms with E-state index >= 15 is 0 Å². The Morgan fingerprint density at radius 1 is 1.00 bits per heavy atom. The zero-order valence-corrected chi connectivity index (χ0v) is 4.19. The van der Waals surface area contributed by atoms with Crippen LogP contribution in [0.4, 0.5) is 0 Å². The Morgan fingerprint density at radius 3 is 1.00 bits per heavy atom. The molecule has 0 aliphatic carbocycles. The molecule has 0 saturated carbocycles. The van der Waals surface area contributed by atoms with Gasteiger partial charge >= 0.3 is 17.1 Å². The van der Waals surface area contributed by atoms with Crippen LogP contribution in [-0.4, -0.2) is 37.7 Å². The van der Waals surface area contributed by atoms with Gasteiger partial charge in [0.1, 0.15) is 0 Å². The Bertz CT molecular complexity index is 14.4. The molecule has 0 aliphatic heterocycles. The van der Waals surface area contributed by atoms with Crippen molar-refractivity contribution < 1.29 is 17.1 Å². The fourth-order valence-electron chi connectivity index (χ4n) is 0. The average Bonchev–Trinajstić information content (AvgIpc) is 1.00. The Morgan fingerprint density at radius 2 is 1.00 bits per heavy atom. The van der Waals surface area contributed by atoms with Crippen LogP contribution in [0.3, 0.4) is 0 Å². The molecule has 0 saturated heterocycles. The third-order valence-corrected chi connectivity index (χ3v) is 0. The van der Waals surface area contributed by atoms with Crippen molar-refractivity contribution in [1.29, 1.82) is 5.26 Å². The maximum atomic E-state index is 6.25. The number of hydrogen-bond acceptors (Lipinski definition) is 1. The Hall–Kier alpha value is 1.20. The summed E-state index contributed by atoms with van der Waals surface area (Å²) in [6, 6.07) is 0. The molecular weight excluding hydrogens is 103 g/mol. The zero-order chi connectivity index (χ0) is 2.00. The molecule has 4 heteroatoms. The molecule has 0 aromatic heterocycles. The summed E-state index contributed by atoms with van der Waals surface area (Å²) in [5.41, 5.74) is 0. The van der Waals surface area contributed by atoms with Crippen LogP contribution in [0.2, 0.25) is 0 Å². The topological polar surface area (TPSA) is 23.8 Å². The van der Waals surface area contributed by atoms with Gasteiger partial charge in [-0.1, -0.05) is 0 Å². The van der Waals surface area contributed by atoms with Crippen molar-refractivity contribution >= 4 is 37.7 Å². The SMILES string of the molecule is [C-]#N.[Cu+].[Li].[Li]. The first kappa shape index (κ1) is 34.6. The molecule has 2 radical (unpaired) electrons. The van der Waals surface area contributed by atoms with E-state index in [1.807, 2.05) is 0 Å². The Kier molecular flexibility index (Phi) is 439. The summed E-state index contributed by atoms with van der Waals surface area (Å²) in [5, 5.41) is 6.25. The van der Waals surface area contributed by atoms with Gasteiger partial charge in [-0.3, -0.25) is 0 Å². The maximum Gasteiger partial charge on any atom is 1.00 e. The third-order valence-electron chi connectivity index (χ3n) is 0. The van der Waals surface area contributed by atoms with Crippen molar-refractivity contribution in [3.63, 3.8) is 0 Å². The van der Waals surface area contributed by atoms with Crippen molar-refractivity contribution in [2.24, 2.45) is 0 Å². The van der Waals surface area contributed by atoms with Crippen LogP contribution in [0.25, 0.3) is 0 Å². The minimum Gasteiger partial charge on any atom is -0.512 e. The third kappa shape index (κ3) is 36.8. The molecule has 0 aromatic rings. The van der Waals surface area contributed by atoms with Gasteiger partial charge in [0.15, 0.2) is 0 Å². The Balaban J connectivity index is -0.00000000167. The van der Waals surface area contributed by atoms with E-state index < -0.39 is 0 Å². The first-order valence-electron chi connectivity index (χ1n) is 0.224. The van der Waals surface area contributed by atoms with Crippen LogP contribution in [0.5, 0.6) is 0 Å². The van der Waals surface area contributed by atoms with Crippen molar-refractivity contribution in [2.45, 2.75) is 0 Å². The molecule has 0 bridgehead atoms. The summed E-state index contributed by atoms with van der Waals surface area (Å²) in [4.78, 5) is 0. The normalized spacial score (nSPS) is 0.400. The second-order valence-corrected chi connectivity index (χ2v) is 0. The van der Waals surface area contributed by atoms with Gasteiger partial charge in [-0.15, -0.1) is 0 Å². The van der Waals surface area contributed by atoms with Gasteiger partial charge in [-0.05, 0) is 0 Å². The zero-order valence-electron chi connectivity index (χ0n) is 3.25. The molecular formula is CCuLi2N. The van der Waals surface area contributed by atoms with Crippen molar-refractivity contribution in [1.82, 2.24) is 0 Å². The minimum atomic E-state index is 0. The van der Waals surface area contributed by atoms with E-state index in [2.05, 4.69) is 0 Å². The van der Waals surface area contributed by atoms with E-state index in [1.54, 1.807) is 0 Å². The van der Waals surface area contributed by atoms with E-state index in [0.29, 0.717) is 0 Å². The van der Waals surface area contributed by atoms with Crippen LogP contribution >= 0.6 is 0 Å². The number of rotatable bonds is 0. The quantitative estimate of drug-likeness (QED) is 0.295. The number of hydrogen-bond donors (Lipinski definition) is 0.